The molecule has 138 valence electrons. The van der Waals surface area contributed by atoms with Gasteiger partial charge in [-0.05, 0) is 51.5 Å². The number of carbonyl (C=O) groups is 1. The fourth-order valence-electron chi connectivity index (χ4n) is 2.20. The third-order valence-electron chi connectivity index (χ3n) is 3.56. The summed E-state index contributed by atoms with van der Waals surface area (Å²) in [6.07, 6.45) is -0.838. The molecule has 1 aromatic carbocycles. The Balaban J connectivity index is 2.09. The summed E-state index contributed by atoms with van der Waals surface area (Å²) < 4.78 is 10.5. The maximum atomic E-state index is 12.2. The van der Waals surface area contributed by atoms with Crippen molar-refractivity contribution in [3.05, 3.63) is 56.6 Å². The Hall–Kier alpha value is -2.80. The van der Waals surface area contributed by atoms with E-state index in [-0.39, 0.29) is 22.8 Å². The van der Waals surface area contributed by atoms with Gasteiger partial charge in [-0.1, -0.05) is 11.6 Å². The summed E-state index contributed by atoms with van der Waals surface area (Å²) in [6.45, 7) is 6.38. The molecule has 2 rings (SSSR count). The first-order chi connectivity index (χ1) is 12.2. The molecule has 0 spiro atoms. The van der Waals surface area contributed by atoms with Gasteiger partial charge in [0, 0.05) is 11.1 Å². The van der Waals surface area contributed by atoms with Crippen molar-refractivity contribution in [1.29, 1.82) is 0 Å². The predicted molar refractivity (Wildman–Crippen MR) is 98.0 cm³/mol. The summed E-state index contributed by atoms with van der Waals surface area (Å²) in [4.78, 5) is 24.0. The van der Waals surface area contributed by atoms with Gasteiger partial charge in [0.1, 0.15) is 22.8 Å². The van der Waals surface area contributed by atoms with E-state index in [1.165, 1.54) is 19.9 Å². The van der Waals surface area contributed by atoms with Crippen LogP contribution in [0.15, 0.2) is 38.6 Å². The lowest BCUT2D eigenvalue weighted by Gasteiger charge is -2.15. The van der Waals surface area contributed by atoms with Crippen LogP contribution in [0, 0.1) is 13.8 Å². The van der Waals surface area contributed by atoms with Crippen molar-refractivity contribution in [3.63, 3.8) is 0 Å². The van der Waals surface area contributed by atoms with Crippen LogP contribution in [0.2, 0.25) is 5.02 Å². The second-order valence-corrected chi connectivity index (χ2v) is 6.18. The smallest absolute Gasteiger partial charge is 0.348 e. The molecule has 1 atom stereocenters. The fourth-order valence-corrected chi connectivity index (χ4v) is 2.43. The molecule has 0 saturated carbocycles. The number of nitrogens with zero attached hydrogens (tertiary/aromatic N) is 1. The average molecular weight is 379 g/mol. The molecule has 1 amide bonds. The molecule has 0 fully saturated rings. The summed E-state index contributed by atoms with van der Waals surface area (Å²) in [6, 6.07) is 6.36. The SMILES string of the molecule is C/C(=N\NC(=O)C(C)Oc1ccc(Cl)cc1C)c1c(O)cc(C)oc1=O. The highest BCUT2D eigenvalue weighted by Crippen LogP contribution is 2.22. The van der Waals surface area contributed by atoms with Gasteiger partial charge < -0.3 is 14.3 Å². The van der Waals surface area contributed by atoms with Crippen molar-refractivity contribution in [2.75, 3.05) is 0 Å². The lowest BCUT2D eigenvalue weighted by molar-refractivity contribution is -0.127. The van der Waals surface area contributed by atoms with Crippen LogP contribution in [-0.2, 0) is 4.79 Å². The fraction of sp³-hybridized carbons (Fsp3) is 0.278. The molecule has 0 aliphatic heterocycles. The highest BCUT2D eigenvalue weighted by atomic mass is 35.5. The van der Waals surface area contributed by atoms with Crippen LogP contribution in [-0.4, -0.2) is 22.8 Å². The van der Waals surface area contributed by atoms with Crippen molar-refractivity contribution in [2.24, 2.45) is 5.10 Å². The first kappa shape index (κ1) is 19.5. The molecule has 1 heterocycles. The maximum Gasteiger partial charge on any atom is 0.348 e. The molecule has 2 N–H and O–H groups in total. The minimum absolute atomic E-state index is 0.111. The van der Waals surface area contributed by atoms with Gasteiger partial charge in [-0.25, -0.2) is 10.2 Å². The molecule has 26 heavy (non-hydrogen) atoms. The number of aryl methyl sites for hydroxylation is 2. The number of ether oxygens (including phenoxy) is 1. The number of aromatic hydroxyl groups is 1. The Labute approximate surface area is 155 Å². The number of hydrogen-bond donors (Lipinski definition) is 2. The monoisotopic (exact) mass is 378 g/mol. The molecule has 1 aromatic heterocycles. The van der Waals surface area contributed by atoms with Gasteiger partial charge in [0.05, 0.1) is 5.71 Å². The Morgan fingerprint density at radius 1 is 1.35 bits per heavy atom. The van der Waals surface area contributed by atoms with Gasteiger partial charge in [-0.2, -0.15) is 5.10 Å². The van der Waals surface area contributed by atoms with Gasteiger partial charge in [-0.15, -0.1) is 0 Å². The van der Waals surface area contributed by atoms with E-state index in [1.54, 1.807) is 25.1 Å². The summed E-state index contributed by atoms with van der Waals surface area (Å²) in [5, 5.41) is 14.3. The standard InChI is InChI=1S/C18H19ClN2O5/c1-9-7-13(19)5-6-15(9)26-12(4)17(23)21-20-11(3)16-14(22)8-10(2)25-18(16)24/h5-8,12,22H,1-4H3,(H,21,23)/b20-11+. The van der Waals surface area contributed by atoms with E-state index >= 15 is 0 Å². The van der Waals surface area contributed by atoms with Crippen molar-refractivity contribution < 1.29 is 19.1 Å². The molecule has 0 saturated heterocycles. The molecular formula is C18H19ClN2O5. The van der Waals surface area contributed by atoms with Crippen LogP contribution < -0.4 is 15.8 Å². The second kappa shape index (κ2) is 8.05. The number of carbonyl (C=O) groups excluding carboxylic acids is 1. The van der Waals surface area contributed by atoms with Crippen LogP contribution >= 0.6 is 11.6 Å². The zero-order valence-corrected chi connectivity index (χ0v) is 15.5. The Kier molecular flexibility index (Phi) is 6.05. The molecule has 0 aliphatic carbocycles. The Morgan fingerprint density at radius 2 is 2.04 bits per heavy atom. The molecule has 0 bridgehead atoms. The summed E-state index contributed by atoms with van der Waals surface area (Å²) in [5.74, 6) is 0.00745. The van der Waals surface area contributed by atoms with Crippen molar-refractivity contribution in [1.82, 2.24) is 5.43 Å². The highest BCUT2D eigenvalue weighted by molar-refractivity contribution is 6.30. The minimum atomic E-state index is -0.838. The van der Waals surface area contributed by atoms with Crippen molar-refractivity contribution in [3.8, 4) is 11.5 Å². The van der Waals surface area contributed by atoms with Crippen molar-refractivity contribution >= 4 is 23.2 Å². The average Bonchev–Trinajstić information content (AvgIpc) is 2.54. The van der Waals surface area contributed by atoms with E-state index in [9.17, 15) is 14.7 Å². The zero-order valence-electron chi connectivity index (χ0n) is 14.8. The second-order valence-electron chi connectivity index (χ2n) is 5.75. The normalized spacial score (nSPS) is 12.6. The third kappa shape index (κ3) is 4.64. The van der Waals surface area contributed by atoms with E-state index < -0.39 is 17.6 Å². The molecule has 8 heteroatoms. The number of amides is 1. The van der Waals surface area contributed by atoms with E-state index in [2.05, 4.69) is 10.5 Å². The van der Waals surface area contributed by atoms with E-state index in [0.29, 0.717) is 10.8 Å². The number of halogens is 1. The van der Waals surface area contributed by atoms with Gasteiger partial charge >= 0.3 is 5.63 Å². The van der Waals surface area contributed by atoms with Gasteiger partial charge in [0.25, 0.3) is 5.91 Å². The number of rotatable bonds is 5. The van der Waals surface area contributed by atoms with Crippen LogP contribution in [0.4, 0.5) is 0 Å². The molecule has 0 radical (unpaired) electrons. The minimum Gasteiger partial charge on any atom is -0.507 e. The molecule has 1 unspecified atom stereocenters. The van der Waals surface area contributed by atoms with Gasteiger partial charge in [-0.3, -0.25) is 4.79 Å². The lowest BCUT2D eigenvalue weighted by atomic mass is 10.2. The van der Waals surface area contributed by atoms with Gasteiger partial charge in [0.2, 0.25) is 0 Å². The molecule has 0 aliphatic rings. The highest BCUT2D eigenvalue weighted by Gasteiger charge is 2.17. The third-order valence-corrected chi connectivity index (χ3v) is 3.79. The van der Waals surface area contributed by atoms with Crippen LogP contribution in [0.1, 0.15) is 30.7 Å². The van der Waals surface area contributed by atoms with Crippen LogP contribution in [0.25, 0.3) is 0 Å². The number of hydrogen-bond acceptors (Lipinski definition) is 6. The zero-order chi connectivity index (χ0) is 19.4. The largest absolute Gasteiger partial charge is 0.507 e. The topological polar surface area (TPSA) is 101 Å². The first-order valence-electron chi connectivity index (χ1n) is 7.80. The molecule has 2 aromatic rings. The number of hydrazone groups is 1. The number of benzene rings is 1. The van der Waals surface area contributed by atoms with E-state index in [4.69, 9.17) is 20.8 Å². The molecular weight excluding hydrogens is 360 g/mol. The molecule has 7 nitrogen and oxygen atoms in total. The van der Waals surface area contributed by atoms with E-state index in [1.807, 2.05) is 6.92 Å². The quantitative estimate of drug-likeness (QED) is 0.615. The lowest BCUT2D eigenvalue weighted by Crippen LogP contribution is -2.34. The summed E-state index contributed by atoms with van der Waals surface area (Å²) in [5.41, 5.74) is 2.36. The summed E-state index contributed by atoms with van der Waals surface area (Å²) >= 11 is 5.89. The van der Waals surface area contributed by atoms with E-state index in [0.717, 1.165) is 5.56 Å². The van der Waals surface area contributed by atoms with Crippen LogP contribution in [0.5, 0.6) is 11.5 Å². The first-order valence-corrected chi connectivity index (χ1v) is 8.18. The van der Waals surface area contributed by atoms with Gasteiger partial charge in [0.15, 0.2) is 6.10 Å². The Morgan fingerprint density at radius 3 is 2.65 bits per heavy atom. The summed E-state index contributed by atoms with van der Waals surface area (Å²) in [7, 11) is 0. The maximum absolute atomic E-state index is 12.2. The van der Waals surface area contributed by atoms with Crippen molar-refractivity contribution in [2.45, 2.75) is 33.8 Å². The Bertz CT molecular complexity index is 920. The number of nitrogens with one attached hydrogen (secondary N) is 1. The predicted octanol–water partition coefficient (Wildman–Crippen LogP) is 2.92. The van der Waals surface area contributed by atoms with Crippen LogP contribution in [0.3, 0.4) is 0 Å².